The van der Waals surface area contributed by atoms with Crippen molar-refractivity contribution in [1.82, 2.24) is 4.98 Å². The predicted molar refractivity (Wildman–Crippen MR) is 63.4 cm³/mol. The number of pyridine rings is 1. The van der Waals surface area contributed by atoms with Crippen molar-refractivity contribution in [2.75, 3.05) is 0 Å². The molecule has 0 aliphatic carbocycles. The van der Waals surface area contributed by atoms with Gasteiger partial charge in [0.15, 0.2) is 0 Å². The summed E-state index contributed by atoms with van der Waals surface area (Å²) >= 11 is 0. The fourth-order valence-electron chi connectivity index (χ4n) is 1.69. The minimum atomic E-state index is -4.75. The molecule has 0 spiro atoms. The normalized spacial score (nSPS) is 13.1. The molecule has 0 aliphatic rings. The smallest absolute Gasteiger partial charge is 0.406 e. The highest BCUT2D eigenvalue weighted by molar-refractivity contribution is 5.34. The van der Waals surface area contributed by atoms with Crippen molar-refractivity contribution in [3.8, 4) is 5.75 Å². The van der Waals surface area contributed by atoms with E-state index in [1.807, 2.05) is 0 Å². The van der Waals surface area contributed by atoms with Crippen LogP contribution in [0.4, 0.5) is 17.6 Å². The Morgan fingerprint density at radius 2 is 1.75 bits per heavy atom. The Morgan fingerprint density at radius 3 is 2.30 bits per heavy atom. The number of hydrogen-bond acceptors (Lipinski definition) is 3. The second kappa shape index (κ2) is 5.46. The molecule has 2 aromatic rings. The maximum absolute atomic E-state index is 13.5. The SMILES string of the molecule is N[C@H](c1ccc(OC(F)(F)F)cc1)c1cccnc1F. The number of benzene rings is 1. The van der Waals surface area contributed by atoms with E-state index < -0.39 is 18.4 Å². The molecule has 0 saturated heterocycles. The molecule has 2 rings (SSSR count). The van der Waals surface area contributed by atoms with Crippen LogP contribution in [0.25, 0.3) is 0 Å². The zero-order valence-corrected chi connectivity index (χ0v) is 10.1. The van der Waals surface area contributed by atoms with Crippen LogP contribution in [0, 0.1) is 5.95 Å². The van der Waals surface area contributed by atoms with E-state index in [2.05, 4.69) is 9.72 Å². The van der Waals surface area contributed by atoms with Gasteiger partial charge in [0.1, 0.15) is 5.75 Å². The van der Waals surface area contributed by atoms with Gasteiger partial charge >= 0.3 is 6.36 Å². The van der Waals surface area contributed by atoms with Crippen LogP contribution in [-0.4, -0.2) is 11.3 Å². The van der Waals surface area contributed by atoms with Gasteiger partial charge in [-0.1, -0.05) is 18.2 Å². The van der Waals surface area contributed by atoms with Gasteiger partial charge in [0.05, 0.1) is 6.04 Å². The molecule has 0 saturated carbocycles. The van der Waals surface area contributed by atoms with Crippen LogP contribution < -0.4 is 10.5 Å². The number of aromatic nitrogens is 1. The number of hydrogen-bond donors (Lipinski definition) is 1. The minimum Gasteiger partial charge on any atom is -0.406 e. The molecule has 0 unspecified atom stereocenters. The number of nitrogens with zero attached hydrogens (tertiary/aromatic N) is 1. The third-order valence-corrected chi connectivity index (χ3v) is 2.60. The quantitative estimate of drug-likeness (QED) is 0.696. The summed E-state index contributed by atoms with van der Waals surface area (Å²) in [6.07, 6.45) is -3.47. The second-order valence-corrected chi connectivity index (χ2v) is 3.98. The van der Waals surface area contributed by atoms with E-state index in [0.29, 0.717) is 5.56 Å². The van der Waals surface area contributed by atoms with E-state index in [0.717, 1.165) is 12.1 Å². The van der Waals surface area contributed by atoms with Crippen LogP contribution in [0.2, 0.25) is 0 Å². The highest BCUT2D eigenvalue weighted by atomic mass is 19.4. The molecule has 1 atom stereocenters. The van der Waals surface area contributed by atoms with Crippen molar-refractivity contribution in [1.29, 1.82) is 0 Å². The molecule has 1 aromatic heterocycles. The number of halogens is 4. The van der Waals surface area contributed by atoms with Gasteiger partial charge in [-0.05, 0) is 23.8 Å². The summed E-state index contributed by atoms with van der Waals surface area (Å²) in [5.41, 5.74) is 6.47. The lowest BCUT2D eigenvalue weighted by Crippen LogP contribution is -2.17. The molecule has 0 aliphatic heterocycles. The lowest BCUT2D eigenvalue weighted by molar-refractivity contribution is -0.274. The van der Waals surface area contributed by atoms with Gasteiger partial charge in [-0.25, -0.2) is 4.98 Å². The Bertz CT molecular complexity index is 584. The van der Waals surface area contributed by atoms with Crippen LogP contribution in [0.3, 0.4) is 0 Å². The Morgan fingerprint density at radius 1 is 1.10 bits per heavy atom. The first kappa shape index (κ1) is 14.3. The molecule has 0 fully saturated rings. The molecular weight excluding hydrogens is 276 g/mol. The summed E-state index contributed by atoms with van der Waals surface area (Å²) in [6, 6.07) is 7.11. The van der Waals surface area contributed by atoms with Gasteiger partial charge in [-0.3, -0.25) is 0 Å². The highest BCUT2D eigenvalue weighted by Crippen LogP contribution is 2.26. The van der Waals surface area contributed by atoms with Crippen LogP contribution in [-0.2, 0) is 0 Å². The first-order valence-corrected chi connectivity index (χ1v) is 5.58. The van der Waals surface area contributed by atoms with E-state index in [1.165, 1.54) is 30.5 Å². The van der Waals surface area contributed by atoms with Crippen LogP contribution in [0.5, 0.6) is 5.75 Å². The predicted octanol–water partition coefficient (Wildman–Crippen LogP) is 3.17. The third kappa shape index (κ3) is 3.45. The average Bonchev–Trinajstić information content (AvgIpc) is 2.37. The molecule has 0 radical (unpaired) electrons. The fourth-order valence-corrected chi connectivity index (χ4v) is 1.69. The summed E-state index contributed by atoms with van der Waals surface area (Å²) in [5, 5.41) is 0. The Kier molecular flexibility index (Phi) is 3.89. The standard InChI is InChI=1S/C13H10F4N2O/c14-12-10(2-1-7-19-12)11(18)8-3-5-9(6-4-8)20-13(15,16)17/h1-7,11H,18H2/t11-/m1/s1. The first-order chi connectivity index (χ1) is 9.37. The molecule has 1 heterocycles. The molecule has 2 N–H and O–H groups in total. The van der Waals surface area contributed by atoms with Gasteiger partial charge in [0.25, 0.3) is 0 Å². The van der Waals surface area contributed by atoms with Crippen molar-refractivity contribution >= 4 is 0 Å². The van der Waals surface area contributed by atoms with E-state index in [1.54, 1.807) is 0 Å². The van der Waals surface area contributed by atoms with Crippen LogP contribution in [0.15, 0.2) is 42.6 Å². The maximum atomic E-state index is 13.5. The van der Waals surface area contributed by atoms with Gasteiger partial charge in [0, 0.05) is 11.8 Å². The Balaban J connectivity index is 2.20. The number of alkyl halides is 3. The number of ether oxygens (including phenoxy) is 1. The number of nitrogens with two attached hydrogens (primary N) is 1. The van der Waals surface area contributed by atoms with E-state index >= 15 is 0 Å². The van der Waals surface area contributed by atoms with Gasteiger partial charge in [0.2, 0.25) is 5.95 Å². The Hall–Kier alpha value is -2.15. The molecule has 1 aromatic carbocycles. The molecule has 0 amide bonds. The topological polar surface area (TPSA) is 48.1 Å². The molecule has 3 nitrogen and oxygen atoms in total. The molecular formula is C13H10F4N2O. The maximum Gasteiger partial charge on any atom is 0.573 e. The van der Waals surface area contributed by atoms with Crippen molar-refractivity contribution in [3.05, 3.63) is 59.7 Å². The summed E-state index contributed by atoms with van der Waals surface area (Å²) in [6.45, 7) is 0. The molecule has 7 heteroatoms. The van der Waals surface area contributed by atoms with E-state index in [4.69, 9.17) is 5.73 Å². The summed E-state index contributed by atoms with van der Waals surface area (Å²) in [4.78, 5) is 3.47. The average molecular weight is 286 g/mol. The molecule has 106 valence electrons. The lowest BCUT2D eigenvalue weighted by Gasteiger charge is -2.14. The van der Waals surface area contributed by atoms with Crippen LogP contribution >= 0.6 is 0 Å². The lowest BCUT2D eigenvalue weighted by atomic mass is 10.0. The first-order valence-electron chi connectivity index (χ1n) is 5.58. The zero-order valence-electron chi connectivity index (χ0n) is 10.1. The van der Waals surface area contributed by atoms with E-state index in [-0.39, 0.29) is 11.3 Å². The Labute approximate surface area is 112 Å². The van der Waals surface area contributed by atoms with Gasteiger partial charge in [-0.15, -0.1) is 13.2 Å². The highest BCUT2D eigenvalue weighted by Gasteiger charge is 2.31. The largest absolute Gasteiger partial charge is 0.573 e. The minimum absolute atomic E-state index is 0.164. The van der Waals surface area contributed by atoms with E-state index in [9.17, 15) is 17.6 Å². The van der Waals surface area contributed by atoms with Crippen LogP contribution in [0.1, 0.15) is 17.2 Å². The third-order valence-electron chi connectivity index (χ3n) is 2.60. The van der Waals surface area contributed by atoms with Gasteiger partial charge < -0.3 is 10.5 Å². The van der Waals surface area contributed by atoms with Crippen molar-refractivity contribution in [2.45, 2.75) is 12.4 Å². The monoisotopic (exact) mass is 286 g/mol. The molecule has 0 bridgehead atoms. The summed E-state index contributed by atoms with van der Waals surface area (Å²) in [7, 11) is 0. The molecule has 20 heavy (non-hydrogen) atoms. The van der Waals surface area contributed by atoms with Gasteiger partial charge in [-0.2, -0.15) is 4.39 Å². The summed E-state index contributed by atoms with van der Waals surface area (Å²) < 4.78 is 53.2. The van der Waals surface area contributed by atoms with Crippen molar-refractivity contribution < 1.29 is 22.3 Å². The summed E-state index contributed by atoms with van der Waals surface area (Å²) in [5.74, 6) is -1.07. The van der Waals surface area contributed by atoms with Crippen molar-refractivity contribution in [3.63, 3.8) is 0 Å². The fraction of sp³-hybridized carbons (Fsp3) is 0.154. The van der Waals surface area contributed by atoms with Crippen molar-refractivity contribution in [2.24, 2.45) is 5.73 Å². The second-order valence-electron chi connectivity index (χ2n) is 3.98. The zero-order chi connectivity index (χ0) is 14.8. The number of rotatable bonds is 3.